The maximum atomic E-state index is 13.6. The summed E-state index contributed by atoms with van der Waals surface area (Å²) in [4.78, 5) is 16.3. The lowest BCUT2D eigenvalue weighted by Crippen LogP contribution is -2.16. The van der Waals surface area contributed by atoms with E-state index < -0.39 is 17.5 Å². The van der Waals surface area contributed by atoms with E-state index in [0.29, 0.717) is 23.2 Å². The molecule has 2 aromatic heterocycles. The number of nitrogens with one attached hydrogen (secondary N) is 1. The van der Waals surface area contributed by atoms with E-state index in [4.69, 9.17) is 9.26 Å². The van der Waals surface area contributed by atoms with Crippen LogP contribution < -0.4 is 10.1 Å². The number of amides is 1. The van der Waals surface area contributed by atoms with Crippen molar-refractivity contribution in [3.63, 3.8) is 0 Å². The monoisotopic (exact) mass is 345 g/mol. The fourth-order valence-electron chi connectivity index (χ4n) is 2.09. The summed E-state index contributed by atoms with van der Waals surface area (Å²) in [6.07, 6.45) is 1.53. The predicted molar refractivity (Wildman–Crippen MR) is 84.1 cm³/mol. The number of benzene rings is 1. The number of nitrogens with zero attached hydrogens (tertiary/aromatic N) is 2. The van der Waals surface area contributed by atoms with Gasteiger partial charge in [0.25, 0.3) is 5.91 Å². The molecule has 3 aromatic rings. The summed E-state index contributed by atoms with van der Waals surface area (Å²) in [6, 6.07) is 8.01. The largest absolute Gasteiger partial charge is 0.486 e. The van der Waals surface area contributed by atoms with Crippen LogP contribution in [0.25, 0.3) is 0 Å². The highest BCUT2D eigenvalue weighted by atomic mass is 19.1. The zero-order valence-electron chi connectivity index (χ0n) is 13.1. The Labute approximate surface area is 141 Å². The summed E-state index contributed by atoms with van der Waals surface area (Å²) in [5, 5.41) is 6.29. The highest BCUT2D eigenvalue weighted by Crippen LogP contribution is 2.22. The van der Waals surface area contributed by atoms with Gasteiger partial charge in [0, 0.05) is 12.3 Å². The van der Waals surface area contributed by atoms with Crippen LogP contribution in [0.2, 0.25) is 0 Å². The third-order valence-electron chi connectivity index (χ3n) is 3.37. The number of pyridine rings is 1. The van der Waals surface area contributed by atoms with Crippen molar-refractivity contribution in [1.29, 1.82) is 0 Å². The molecule has 128 valence electrons. The number of anilines is 1. The first-order valence-electron chi connectivity index (χ1n) is 7.30. The van der Waals surface area contributed by atoms with E-state index >= 15 is 0 Å². The third-order valence-corrected chi connectivity index (χ3v) is 3.37. The summed E-state index contributed by atoms with van der Waals surface area (Å²) in [6.45, 7) is 1.44. The molecular formula is C17H13F2N3O3. The van der Waals surface area contributed by atoms with Gasteiger partial charge in [-0.2, -0.15) is 0 Å². The van der Waals surface area contributed by atoms with E-state index in [1.165, 1.54) is 12.3 Å². The van der Waals surface area contributed by atoms with Crippen molar-refractivity contribution in [1.82, 2.24) is 10.1 Å². The summed E-state index contributed by atoms with van der Waals surface area (Å²) < 4.78 is 36.9. The number of hydrogen-bond donors (Lipinski definition) is 1. The molecule has 0 aliphatic carbocycles. The molecule has 1 N–H and O–H groups in total. The lowest BCUT2D eigenvalue weighted by Gasteiger charge is -2.08. The quantitative estimate of drug-likeness (QED) is 0.766. The summed E-state index contributed by atoms with van der Waals surface area (Å²) in [5.41, 5.74) is 0.364. The maximum Gasteiger partial charge on any atom is 0.279 e. The predicted octanol–water partition coefficient (Wildman–Crippen LogP) is 3.49. The number of carbonyl (C=O) groups excluding carboxylic acids is 1. The minimum absolute atomic E-state index is 0.00525. The first-order chi connectivity index (χ1) is 12.0. The van der Waals surface area contributed by atoms with E-state index in [1.807, 2.05) is 0 Å². The second kappa shape index (κ2) is 7.08. The van der Waals surface area contributed by atoms with Crippen molar-refractivity contribution in [2.75, 3.05) is 5.32 Å². The Bertz CT molecular complexity index is 897. The van der Waals surface area contributed by atoms with Crippen molar-refractivity contribution in [2.45, 2.75) is 13.5 Å². The number of rotatable bonds is 5. The molecule has 0 unspecified atom stereocenters. The molecule has 0 aliphatic heterocycles. The fourth-order valence-corrected chi connectivity index (χ4v) is 2.09. The molecule has 0 fully saturated rings. The SMILES string of the molecule is Cc1onc(C(=O)Nc2ccccn2)c1COc1ccc(F)cc1F. The zero-order valence-corrected chi connectivity index (χ0v) is 13.1. The Kier molecular flexibility index (Phi) is 4.69. The molecule has 0 atom stereocenters. The average molecular weight is 345 g/mol. The first kappa shape index (κ1) is 16.6. The molecule has 6 nitrogen and oxygen atoms in total. The Morgan fingerprint density at radius 2 is 2.12 bits per heavy atom. The van der Waals surface area contributed by atoms with Gasteiger partial charge in [-0.25, -0.2) is 13.8 Å². The molecule has 0 spiro atoms. The van der Waals surface area contributed by atoms with Crippen LogP contribution >= 0.6 is 0 Å². The second-order valence-electron chi connectivity index (χ2n) is 5.10. The number of halogens is 2. The molecule has 8 heteroatoms. The first-order valence-corrected chi connectivity index (χ1v) is 7.30. The molecular weight excluding hydrogens is 332 g/mol. The number of aryl methyl sites for hydroxylation is 1. The van der Waals surface area contributed by atoms with E-state index in [9.17, 15) is 13.6 Å². The Balaban J connectivity index is 1.76. The summed E-state index contributed by atoms with van der Waals surface area (Å²) >= 11 is 0. The minimum atomic E-state index is -0.839. The van der Waals surface area contributed by atoms with Crippen molar-refractivity contribution >= 4 is 11.7 Å². The van der Waals surface area contributed by atoms with E-state index in [2.05, 4.69) is 15.5 Å². The van der Waals surface area contributed by atoms with Gasteiger partial charge in [-0.1, -0.05) is 11.2 Å². The van der Waals surface area contributed by atoms with Gasteiger partial charge in [0.15, 0.2) is 17.3 Å². The number of hydrogen-bond acceptors (Lipinski definition) is 5. The zero-order chi connectivity index (χ0) is 17.8. The van der Waals surface area contributed by atoms with Gasteiger partial charge in [-0.05, 0) is 31.2 Å². The molecule has 0 radical (unpaired) electrons. The van der Waals surface area contributed by atoms with Gasteiger partial charge in [0.05, 0.1) is 5.56 Å². The molecule has 0 bridgehead atoms. The lowest BCUT2D eigenvalue weighted by molar-refractivity contribution is 0.101. The molecule has 2 heterocycles. The van der Waals surface area contributed by atoms with Crippen LogP contribution in [0.3, 0.4) is 0 Å². The number of aromatic nitrogens is 2. The van der Waals surface area contributed by atoms with Gasteiger partial charge in [0.2, 0.25) is 0 Å². The summed E-state index contributed by atoms with van der Waals surface area (Å²) in [7, 11) is 0. The third kappa shape index (κ3) is 3.79. The highest BCUT2D eigenvalue weighted by Gasteiger charge is 2.21. The normalized spacial score (nSPS) is 10.5. The van der Waals surface area contributed by atoms with Crippen LogP contribution in [0.4, 0.5) is 14.6 Å². The van der Waals surface area contributed by atoms with Crippen molar-refractivity contribution in [2.24, 2.45) is 0 Å². The van der Waals surface area contributed by atoms with Crippen LogP contribution in [0, 0.1) is 18.6 Å². The number of ether oxygens (including phenoxy) is 1. The smallest absolute Gasteiger partial charge is 0.279 e. The van der Waals surface area contributed by atoms with E-state index in [-0.39, 0.29) is 18.1 Å². The van der Waals surface area contributed by atoms with Crippen molar-refractivity contribution in [3.8, 4) is 5.75 Å². The molecule has 1 amide bonds. The average Bonchev–Trinajstić information content (AvgIpc) is 2.96. The Morgan fingerprint density at radius 1 is 1.28 bits per heavy atom. The molecule has 1 aromatic carbocycles. The second-order valence-corrected chi connectivity index (χ2v) is 5.10. The van der Waals surface area contributed by atoms with Crippen LogP contribution in [-0.2, 0) is 6.61 Å². The van der Waals surface area contributed by atoms with Crippen LogP contribution in [0.5, 0.6) is 5.75 Å². The minimum Gasteiger partial charge on any atom is -0.486 e. The van der Waals surface area contributed by atoms with Gasteiger partial charge in [0.1, 0.15) is 24.0 Å². The van der Waals surface area contributed by atoms with Crippen LogP contribution in [0.15, 0.2) is 47.1 Å². The van der Waals surface area contributed by atoms with E-state index in [1.54, 1.807) is 25.1 Å². The Hall–Kier alpha value is -3.29. The number of carbonyl (C=O) groups is 1. The van der Waals surface area contributed by atoms with Crippen molar-refractivity contribution < 1.29 is 22.8 Å². The maximum absolute atomic E-state index is 13.6. The molecule has 0 saturated heterocycles. The van der Waals surface area contributed by atoms with Crippen molar-refractivity contribution in [3.05, 3.63) is 71.2 Å². The molecule has 0 aliphatic rings. The molecule has 3 rings (SSSR count). The fraction of sp³-hybridized carbons (Fsp3) is 0.118. The van der Waals surface area contributed by atoms with Gasteiger partial charge < -0.3 is 14.6 Å². The summed E-state index contributed by atoms with van der Waals surface area (Å²) in [5.74, 6) is -1.51. The van der Waals surface area contributed by atoms with Gasteiger partial charge in [-0.15, -0.1) is 0 Å². The van der Waals surface area contributed by atoms with Crippen LogP contribution in [-0.4, -0.2) is 16.0 Å². The molecule has 25 heavy (non-hydrogen) atoms. The lowest BCUT2D eigenvalue weighted by atomic mass is 10.2. The highest BCUT2D eigenvalue weighted by molar-refractivity contribution is 6.03. The molecule has 0 saturated carbocycles. The van der Waals surface area contributed by atoms with Gasteiger partial charge >= 0.3 is 0 Å². The standard InChI is InChI=1S/C17H13F2N3O3/c1-10-12(9-24-14-6-5-11(18)8-13(14)19)16(22-25-10)17(23)21-15-4-2-3-7-20-15/h2-8H,9H2,1H3,(H,20,21,23). The topological polar surface area (TPSA) is 77.3 Å². The van der Waals surface area contributed by atoms with Gasteiger partial charge in [-0.3, -0.25) is 4.79 Å². The van der Waals surface area contributed by atoms with Crippen LogP contribution in [0.1, 0.15) is 21.8 Å². The van der Waals surface area contributed by atoms with E-state index in [0.717, 1.165) is 6.07 Å². The Morgan fingerprint density at radius 3 is 2.84 bits per heavy atom.